The fraction of sp³-hybridized carbons (Fsp3) is 0.312. The molecule has 1 atom stereocenters. The normalized spacial score (nSPS) is 13.4. The van der Waals surface area contributed by atoms with Crippen LogP contribution in [0.1, 0.15) is 18.1 Å². The summed E-state index contributed by atoms with van der Waals surface area (Å²) in [5.74, 6) is 0. The highest BCUT2D eigenvalue weighted by Crippen LogP contribution is 2.21. The smallest absolute Gasteiger partial charge is 0.315 e. The summed E-state index contributed by atoms with van der Waals surface area (Å²) in [6.45, 7) is 2.32. The fourth-order valence-corrected chi connectivity index (χ4v) is 3.10. The summed E-state index contributed by atoms with van der Waals surface area (Å²) < 4.78 is 0. The Kier molecular flexibility index (Phi) is 5.88. The zero-order valence-corrected chi connectivity index (χ0v) is 14.3. The zero-order valence-electron chi connectivity index (χ0n) is 12.6. The maximum absolute atomic E-state index is 11.8. The largest absolute Gasteiger partial charge is 0.384 e. The molecule has 22 heavy (non-hydrogen) atoms. The molecular weight excluding hydrogens is 316 g/mol. The molecule has 0 spiro atoms. The van der Waals surface area contributed by atoms with Crippen molar-refractivity contribution >= 4 is 29.1 Å². The Morgan fingerprint density at radius 1 is 1.27 bits per heavy atom. The van der Waals surface area contributed by atoms with E-state index in [4.69, 9.17) is 0 Å². The number of urea groups is 1. The van der Waals surface area contributed by atoms with Crippen LogP contribution in [0, 0.1) is 0 Å². The minimum Gasteiger partial charge on any atom is -0.384 e. The van der Waals surface area contributed by atoms with Crippen LogP contribution >= 0.6 is 23.1 Å². The van der Waals surface area contributed by atoms with Gasteiger partial charge in [0.25, 0.3) is 0 Å². The third kappa shape index (κ3) is 4.76. The van der Waals surface area contributed by atoms with E-state index in [1.807, 2.05) is 47.3 Å². The van der Waals surface area contributed by atoms with Crippen molar-refractivity contribution in [3.8, 4) is 0 Å². The second-order valence-electron chi connectivity index (χ2n) is 5.17. The van der Waals surface area contributed by atoms with Crippen LogP contribution in [-0.2, 0) is 12.1 Å². The van der Waals surface area contributed by atoms with Gasteiger partial charge in [0.2, 0.25) is 0 Å². The Hall–Kier alpha value is -1.50. The maximum atomic E-state index is 11.8. The summed E-state index contributed by atoms with van der Waals surface area (Å²) in [5.41, 5.74) is 0.792. The van der Waals surface area contributed by atoms with E-state index in [0.29, 0.717) is 6.54 Å². The number of nitrogens with one attached hydrogen (secondary N) is 2. The highest BCUT2D eigenvalue weighted by molar-refractivity contribution is 7.98. The van der Waals surface area contributed by atoms with E-state index in [2.05, 4.69) is 10.6 Å². The number of benzene rings is 1. The summed E-state index contributed by atoms with van der Waals surface area (Å²) in [5, 5.41) is 19.6. The Morgan fingerprint density at radius 3 is 2.59 bits per heavy atom. The highest BCUT2D eigenvalue weighted by Gasteiger charge is 2.24. The van der Waals surface area contributed by atoms with Crippen molar-refractivity contribution in [2.75, 3.05) is 12.8 Å². The van der Waals surface area contributed by atoms with Crippen molar-refractivity contribution in [3.63, 3.8) is 0 Å². The van der Waals surface area contributed by atoms with Gasteiger partial charge < -0.3 is 15.7 Å². The number of amides is 2. The van der Waals surface area contributed by atoms with Crippen LogP contribution in [0.4, 0.5) is 4.79 Å². The molecule has 0 aliphatic heterocycles. The van der Waals surface area contributed by atoms with Gasteiger partial charge in [-0.1, -0.05) is 12.1 Å². The molecule has 0 radical (unpaired) electrons. The van der Waals surface area contributed by atoms with Gasteiger partial charge in [-0.3, -0.25) is 0 Å². The summed E-state index contributed by atoms with van der Waals surface area (Å²) >= 11 is 3.21. The quantitative estimate of drug-likeness (QED) is 0.710. The van der Waals surface area contributed by atoms with E-state index >= 15 is 0 Å². The molecule has 0 saturated heterocycles. The second kappa shape index (κ2) is 7.67. The Labute approximate surface area is 138 Å². The number of thioether (sulfide) groups is 1. The molecule has 0 unspecified atom stereocenters. The minimum atomic E-state index is -1.06. The lowest BCUT2D eigenvalue weighted by Crippen LogP contribution is -2.43. The number of thiophene rings is 1. The van der Waals surface area contributed by atoms with Gasteiger partial charge in [0.15, 0.2) is 0 Å². The number of hydrogen-bond acceptors (Lipinski definition) is 4. The Morgan fingerprint density at radius 2 is 2.00 bits per heavy atom. The van der Waals surface area contributed by atoms with E-state index in [1.165, 1.54) is 16.2 Å². The molecular formula is C16H20N2O2S2. The van der Waals surface area contributed by atoms with Crippen molar-refractivity contribution in [2.24, 2.45) is 0 Å². The molecule has 2 aromatic rings. The van der Waals surface area contributed by atoms with Crippen LogP contribution in [0.15, 0.2) is 46.0 Å². The first-order chi connectivity index (χ1) is 10.5. The van der Waals surface area contributed by atoms with Crippen LogP contribution in [0.2, 0.25) is 0 Å². The monoisotopic (exact) mass is 336 g/mol. The van der Waals surface area contributed by atoms with Gasteiger partial charge in [-0.2, -0.15) is 11.3 Å². The predicted octanol–water partition coefficient (Wildman–Crippen LogP) is 3.18. The molecule has 3 N–H and O–H groups in total. The SMILES string of the molecule is CSc1ccc(CNC(=O)NC[C@](C)(O)c2ccsc2)cc1. The van der Waals surface area contributed by atoms with Crippen LogP contribution in [0.25, 0.3) is 0 Å². The molecule has 0 saturated carbocycles. The molecule has 118 valence electrons. The van der Waals surface area contributed by atoms with E-state index in [9.17, 15) is 9.90 Å². The molecule has 4 nitrogen and oxygen atoms in total. The number of rotatable bonds is 6. The van der Waals surface area contributed by atoms with Crippen LogP contribution in [-0.4, -0.2) is 23.9 Å². The van der Waals surface area contributed by atoms with E-state index in [0.717, 1.165) is 11.1 Å². The zero-order chi connectivity index (χ0) is 16.0. The summed E-state index contributed by atoms with van der Waals surface area (Å²) in [6, 6.07) is 9.62. The van der Waals surface area contributed by atoms with Crippen molar-refractivity contribution in [3.05, 3.63) is 52.2 Å². The second-order valence-corrected chi connectivity index (χ2v) is 6.83. The van der Waals surface area contributed by atoms with Crippen LogP contribution in [0.5, 0.6) is 0 Å². The summed E-state index contributed by atoms with van der Waals surface area (Å²) in [4.78, 5) is 13.0. The van der Waals surface area contributed by atoms with Crippen molar-refractivity contribution in [2.45, 2.75) is 24.0 Å². The minimum absolute atomic E-state index is 0.168. The lowest BCUT2D eigenvalue weighted by Gasteiger charge is -2.22. The van der Waals surface area contributed by atoms with E-state index in [-0.39, 0.29) is 12.6 Å². The van der Waals surface area contributed by atoms with Gasteiger partial charge in [-0.15, -0.1) is 11.8 Å². The predicted molar refractivity (Wildman–Crippen MR) is 92.4 cm³/mol. The first-order valence-corrected chi connectivity index (χ1v) is 9.08. The molecule has 0 bridgehead atoms. The average Bonchev–Trinajstić information content (AvgIpc) is 3.07. The van der Waals surface area contributed by atoms with E-state index in [1.54, 1.807) is 18.7 Å². The lowest BCUT2D eigenvalue weighted by molar-refractivity contribution is 0.0598. The maximum Gasteiger partial charge on any atom is 0.315 e. The molecule has 0 aliphatic rings. The van der Waals surface area contributed by atoms with Gasteiger partial charge in [-0.25, -0.2) is 4.79 Å². The third-order valence-corrected chi connectivity index (χ3v) is 4.78. The standard InChI is InChI=1S/C16H20N2O2S2/c1-16(20,13-7-8-22-10-13)11-18-15(19)17-9-12-3-5-14(21-2)6-4-12/h3-8,10,20H,9,11H2,1-2H3,(H2,17,18,19)/t16-/m0/s1. The molecule has 1 heterocycles. The average molecular weight is 336 g/mol. The number of aliphatic hydroxyl groups is 1. The number of carbonyl (C=O) groups is 1. The molecule has 1 aromatic carbocycles. The van der Waals surface area contributed by atoms with Gasteiger partial charge in [0.1, 0.15) is 5.60 Å². The van der Waals surface area contributed by atoms with Gasteiger partial charge in [0.05, 0.1) is 6.54 Å². The topological polar surface area (TPSA) is 61.4 Å². The Bertz CT molecular complexity index is 595. The summed E-state index contributed by atoms with van der Waals surface area (Å²) in [7, 11) is 0. The van der Waals surface area contributed by atoms with Crippen molar-refractivity contribution in [1.82, 2.24) is 10.6 Å². The van der Waals surface area contributed by atoms with Crippen molar-refractivity contribution in [1.29, 1.82) is 0 Å². The third-order valence-electron chi connectivity index (χ3n) is 3.35. The first kappa shape index (κ1) is 16.9. The molecule has 2 rings (SSSR count). The highest BCUT2D eigenvalue weighted by atomic mass is 32.2. The molecule has 6 heteroatoms. The molecule has 1 aromatic heterocycles. The van der Waals surface area contributed by atoms with Gasteiger partial charge in [0, 0.05) is 11.4 Å². The van der Waals surface area contributed by atoms with Gasteiger partial charge in [-0.05, 0) is 53.3 Å². The number of carbonyl (C=O) groups excluding carboxylic acids is 1. The molecule has 0 fully saturated rings. The molecule has 2 amide bonds. The van der Waals surface area contributed by atoms with Crippen molar-refractivity contribution < 1.29 is 9.90 Å². The Balaban J connectivity index is 1.78. The fourth-order valence-electron chi connectivity index (χ4n) is 1.91. The lowest BCUT2D eigenvalue weighted by atomic mass is 9.99. The summed E-state index contributed by atoms with van der Waals surface area (Å²) in [6.07, 6.45) is 2.03. The van der Waals surface area contributed by atoms with Crippen LogP contribution in [0.3, 0.4) is 0 Å². The van der Waals surface area contributed by atoms with Crippen LogP contribution < -0.4 is 10.6 Å². The first-order valence-electron chi connectivity index (χ1n) is 6.91. The van der Waals surface area contributed by atoms with Gasteiger partial charge >= 0.3 is 6.03 Å². The molecule has 0 aliphatic carbocycles. The number of hydrogen-bond donors (Lipinski definition) is 3. The van der Waals surface area contributed by atoms with E-state index < -0.39 is 5.60 Å².